The Labute approximate surface area is 252 Å². The smallest absolute Gasteiger partial charge is 0.0995 e. The van der Waals surface area contributed by atoms with Crippen LogP contribution in [0.4, 0.5) is 0 Å². The van der Waals surface area contributed by atoms with Crippen LogP contribution in [-0.2, 0) is 5.41 Å². The summed E-state index contributed by atoms with van der Waals surface area (Å²) in [5.41, 5.74) is 12.5. The largest absolute Gasteiger partial charge is 0.308 e. The van der Waals surface area contributed by atoms with Crippen LogP contribution < -0.4 is 0 Å². The molecule has 2 heterocycles. The molecule has 3 heteroatoms. The summed E-state index contributed by atoms with van der Waals surface area (Å²) in [7, 11) is 0. The lowest BCUT2D eigenvalue weighted by molar-refractivity contribution is 0.360. The summed E-state index contributed by atoms with van der Waals surface area (Å²) < 4.78 is 2.49. The van der Waals surface area contributed by atoms with E-state index < -0.39 is 0 Å². The van der Waals surface area contributed by atoms with Crippen LogP contribution in [0.25, 0.3) is 48.9 Å². The lowest BCUT2D eigenvalue weighted by Crippen LogP contribution is -2.23. The number of fused-ring (bicyclic) bond motifs is 12. The molecular formula is C40H35N3. The van der Waals surface area contributed by atoms with Gasteiger partial charge in [-0.3, -0.25) is 0 Å². The molecule has 6 aromatic rings. The van der Waals surface area contributed by atoms with Gasteiger partial charge in [0, 0.05) is 21.5 Å². The van der Waals surface area contributed by atoms with Crippen molar-refractivity contribution in [3.63, 3.8) is 0 Å². The molecule has 4 bridgehead atoms. The van der Waals surface area contributed by atoms with E-state index in [1.165, 1.54) is 128 Å². The highest BCUT2D eigenvalue weighted by Crippen LogP contribution is 2.58. The fraction of sp³-hybridized carbons (Fsp3) is 0.400. The summed E-state index contributed by atoms with van der Waals surface area (Å²) in [5, 5.41) is 29.2. The van der Waals surface area contributed by atoms with Crippen molar-refractivity contribution in [3.05, 3.63) is 75.3 Å². The van der Waals surface area contributed by atoms with Gasteiger partial charge in [0.15, 0.2) is 0 Å². The molecule has 2 fully saturated rings. The quantitative estimate of drug-likeness (QED) is 0.186. The molecule has 0 N–H and O–H groups in total. The molecule has 0 radical (unpaired) electrons. The molecule has 0 atom stereocenters. The molecule has 210 valence electrons. The molecule has 6 aliphatic rings. The van der Waals surface area contributed by atoms with E-state index in [-0.39, 0.29) is 5.41 Å². The Bertz CT molecular complexity index is 2310. The summed E-state index contributed by atoms with van der Waals surface area (Å²) in [5.74, 6) is 2.06. The molecule has 12 rings (SSSR count). The van der Waals surface area contributed by atoms with Crippen molar-refractivity contribution in [3.8, 4) is 12.1 Å². The highest BCUT2D eigenvalue weighted by Gasteiger charge is 2.40. The van der Waals surface area contributed by atoms with Gasteiger partial charge in [0.05, 0.1) is 39.8 Å². The summed E-state index contributed by atoms with van der Waals surface area (Å²) >= 11 is 0. The molecule has 43 heavy (non-hydrogen) atoms. The van der Waals surface area contributed by atoms with Crippen LogP contribution in [0.1, 0.15) is 135 Å². The summed E-state index contributed by atoms with van der Waals surface area (Å²) in [4.78, 5) is 0. The zero-order valence-corrected chi connectivity index (χ0v) is 25.3. The summed E-state index contributed by atoms with van der Waals surface area (Å²) in [6, 6.07) is 19.4. The third-order valence-corrected chi connectivity index (χ3v) is 12.3. The second-order valence-corrected chi connectivity index (χ2v) is 15.3. The van der Waals surface area contributed by atoms with E-state index in [9.17, 15) is 10.5 Å². The molecule has 2 saturated carbocycles. The average Bonchev–Trinajstić information content (AvgIpc) is 3.55. The minimum absolute atomic E-state index is 0.0649. The molecule has 0 amide bonds. The lowest BCUT2D eigenvalue weighted by atomic mass is 9.64. The summed E-state index contributed by atoms with van der Waals surface area (Å²) in [6.45, 7) is 6.92. The van der Waals surface area contributed by atoms with Crippen LogP contribution in [0.5, 0.6) is 0 Å². The zero-order valence-electron chi connectivity index (χ0n) is 25.3. The Balaban J connectivity index is 1.50. The van der Waals surface area contributed by atoms with E-state index >= 15 is 0 Å². The van der Waals surface area contributed by atoms with E-state index in [1.807, 2.05) is 0 Å². The second-order valence-electron chi connectivity index (χ2n) is 15.3. The number of aromatic nitrogens is 1. The van der Waals surface area contributed by atoms with Crippen molar-refractivity contribution in [2.45, 2.75) is 101 Å². The van der Waals surface area contributed by atoms with Crippen LogP contribution in [0.3, 0.4) is 0 Å². The van der Waals surface area contributed by atoms with Gasteiger partial charge >= 0.3 is 0 Å². The fourth-order valence-corrected chi connectivity index (χ4v) is 10.5. The van der Waals surface area contributed by atoms with Crippen LogP contribution in [0.2, 0.25) is 0 Å². The van der Waals surface area contributed by atoms with Crippen LogP contribution in [-0.4, -0.2) is 4.40 Å². The van der Waals surface area contributed by atoms with Crippen molar-refractivity contribution in [2.24, 2.45) is 0 Å². The van der Waals surface area contributed by atoms with Gasteiger partial charge in [-0.15, -0.1) is 0 Å². The SMILES string of the molecule is CC(C)(C)c1ccc2c(c1)cc1c3c4c(c(C#N)cc3n3c5cc(C#N)c6c(c5c2c13)C1CCC6CC1)C1CCC4CC1. The number of rotatable bonds is 0. The maximum absolute atomic E-state index is 10.5. The molecule has 0 unspecified atom stereocenters. The first-order valence-corrected chi connectivity index (χ1v) is 16.5. The Hall–Kier alpha value is -4.08. The van der Waals surface area contributed by atoms with Gasteiger partial charge in [0.1, 0.15) is 0 Å². The van der Waals surface area contributed by atoms with Gasteiger partial charge in [-0.05, 0) is 137 Å². The maximum atomic E-state index is 10.5. The van der Waals surface area contributed by atoms with Crippen molar-refractivity contribution in [1.29, 1.82) is 10.5 Å². The third-order valence-electron chi connectivity index (χ3n) is 12.3. The van der Waals surface area contributed by atoms with Crippen molar-refractivity contribution >= 4 is 48.9 Å². The molecule has 3 nitrogen and oxygen atoms in total. The highest BCUT2D eigenvalue weighted by molar-refractivity contribution is 6.32. The second kappa shape index (κ2) is 7.89. The van der Waals surface area contributed by atoms with Crippen LogP contribution in [0.15, 0.2) is 36.4 Å². The van der Waals surface area contributed by atoms with Gasteiger partial charge in [0.25, 0.3) is 0 Å². The highest BCUT2D eigenvalue weighted by atomic mass is 14.9. The van der Waals surface area contributed by atoms with Crippen molar-refractivity contribution in [2.75, 3.05) is 0 Å². The van der Waals surface area contributed by atoms with Gasteiger partial charge in [-0.2, -0.15) is 10.5 Å². The van der Waals surface area contributed by atoms with E-state index in [0.29, 0.717) is 23.7 Å². The molecular weight excluding hydrogens is 522 g/mol. The lowest BCUT2D eigenvalue weighted by Gasteiger charge is -2.39. The number of nitriles is 2. The van der Waals surface area contributed by atoms with Gasteiger partial charge < -0.3 is 4.40 Å². The first-order valence-electron chi connectivity index (χ1n) is 16.5. The minimum atomic E-state index is 0.0649. The standard InChI is InChI=1S/C40H35N3/c1-40(2,3)27-12-13-28-24(14-27)15-29-36-30(16-25(18-41)32-20-4-8-22(9-5-20)34(32)36)43-31-17-26(19-42)33-21-6-10-23(11-7-21)35(33)38(31)37(28)39(29)43/h12-17,20-23H,4-11H2,1-3H3. The first kappa shape index (κ1) is 24.4. The van der Waals surface area contributed by atoms with Crippen molar-refractivity contribution in [1.82, 2.24) is 4.40 Å². The van der Waals surface area contributed by atoms with E-state index in [1.54, 1.807) is 0 Å². The molecule has 4 aromatic carbocycles. The number of benzene rings is 4. The molecule has 0 saturated heterocycles. The number of hydrogen-bond acceptors (Lipinski definition) is 2. The maximum Gasteiger partial charge on any atom is 0.0995 e. The van der Waals surface area contributed by atoms with Gasteiger partial charge in [-0.1, -0.05) is 39.0 Å². The van der Waals surface area contributed by atoms with Crippen molar-refractivity contribution < 1.29 is 0 Å². The topological polar surface area (TPSA) is 52.0 Å². The monoisotopic (exact) mass is 557 g/mol. The number of hydrogen-bond donors (Lipinski definition) is 0. The molecule has 6 aliphatic carbocycles. The normalized spacial score (nSPS) is 24.3. The number of nitrogens with zero attached hydrogens (tertiary/aromatic N) is 3. The fourth-order valence-electron chi connectivity index (χ4n) is 10.5. The van der Waals surface area contributed by atoms with E-state index in [4.69, 9.17) is 0 Å². The molecule has 2 aromatic heterocycles. The first-order chi connectivity index (χ1) is 20.9. The predicted molar refractivity (Wildman–Crippen MR) is 175 cm³/mol. The Morgan fingerprint density at radius 2 is 1.12 bits per heavy atom. The van der Waals surface area contributed by atoms with Crippen LogP contribution >= 0.6 is 0 Å². The third kappa shape index (κ3) is 2.85. The Morgan fingerprint density at radius 3 is 1.65 bits per heavy atom. The summed E-state index contributed by atoms with van der Waals surface area (Å²) in [6.07, 6.45) is 9.76. The van der Waals surface area contributed by atoms with E-state index in [2.05, 4.69) is 73.7 Å². The van der Waals surface area contributed by atoms with Crippen LogP contribution in [0, 0.1) is 22.7 Å². The predicted octanol–water partition coefficient (Wildman–Crippen LogP) is 10.5. The minimum Gasteiger partial charge on any atom is -0.308 e. The Kier molecular flexibility index (Phi) is 4.47. The Morgan fingerprint density at radius 1 is 0.605 bits per heavy atom. The average molecular weight is 558 g/mol. The zero-order chi connectivity index (χ0) is 28.9. The molecule has 0 spiro atoms. The molecule has 0 aliphatic heterocycles. The van der Waals surface area contributed by atoms with Gasteiger partial charge in [-0.25, -0.2) is 0 Å². The van der Waals surface area contributed by atoms with Gasteiger partial charge in [0.2, 0.25) is 0 Å². The van der Waals surface area contributed by atoms with E-state index in [0.717, 1.165) is 11.1 Å².